The molecule has 0 radical (unpaired) electrons. The summed E-state index contributed by atoms with van der Waals surface area (Å²) in [5.41, 5.74) is 0.242. The van der Waals surface area contributed by atoms with Crippen molar-refractivity contribution in [2.75, 3.05) is 0 Å². The first-order chi connectivity index (χ1) is 7.49. The number of carboxylic acids is 1. The molecule has 2 N–H and O–H groups in total. The smallest absolute Gasteiger partial charge is 0.352 e. The van der Waals surface area contributed by atoms with E-state index in [0.717, 1.165) is 0 Å². The Morgan fingerprint density at radius 3 is 2.31 bits per heavy atom. The SMILES string of the molecule is CC(=O)NC(=Cc1ccc(F)cc1)C(=O)O. The van der Waals surface area contributed by atoms with Gasteiger partial charge in [0.1, 0.15) is 11.5 Å². The third-order valence-corrected chi connectivity index (χ3v) is 1.72. The molecule has 84 valence electrons. The van der Waals surface area contributed by atoms with E-state index < -0.39 is 17.7 Å². The quantitative estimate of drug-likeness (QED) is 0.761. The molecule has 0 fully saturated rings. The molecule has 0 aliphatic heterocycles. The number of hydrogen-bond donors (Lipinski definition) is 2. The van der Waals surface area contributed by atoms with Crippen LogP contribution in [0.15, 0.2) is 30.0 Å². The second-order valence-corrected chi connectivity index (χ2v) is 3.10. The van der Waals surface area contributed by atoms with E-state index in [4.69, 9.17) is 5.11 Å². The van der Waals surface area contributed by atoms with Crippen LogP contribution in [0.25, 0.3) is 6.08 Å². The van der Waals surface area contributed by atoms with E-state index in [2.05, 4.69) is 5.32 Å². The minimum absolute atomic E-state index is 0.251. The lowest BCUT2D eigenvalue weighted by Crippen LogP contribution is -2.24. The van der Waals surface area contributed by atoms with Gasteiger partial charge in [-0.25, -0.2) is 9.18 Å². The van der Waals surface area contributed by atoms with Crippen LogP contribution in [0.1, 0.15) is 12.5 Å². The van der Waals surface area contributed by atoms with Gasteiger partial charge in [0.2, 0.25) is 5.91 Å². The lowest BCUT2D eigenvalue weighted by atomic mass is 10.2. The highest BCUT2D eigenvalue weighted by Gasteiger charge is 2.08. The van der Waals surface area contributed by atoms with Crippen molar-refractivity contribution in [3.8, 4) is 0 Å². The summed E-state index contributed by atoms with van der Waals surface area (Å²) < 4.78 is 12.6. The number of carboxylic acid groups (broad SMARTS) is 1. The second kappa shape index (κ2) is 5.06. The van der Waals surface area contributed by atoms with Gasteiger partial charge in [0.05, 0.1) is 0 Å². The second-order valence-electron chi connectivity index (χ2n) is 3.10. The van der Waals surface area contributed by atoms with Gasteiger partial charge in [-0.15, -0.1) is 0 Å². The van der Waals surface area contributed by atoms with Gasteiger partial charge < -0.3 is 10.4 Å². The summed E-state index contributed by atoms with van der Waals surface area (Å²) in [6, 6.07) is 5.25. The van der Waals surface area contributed by atoms with Crippen molar-refractivity contribution in [3.05, 3.63) is 41.3 Å². The lowest BCUT2D eigenvalue weighted by molar-refractivity contribution is -0.134. The van der Waals surface area contributed by atoms with E-state index in [9.17, 15) is 14.0 Å². The summed E-state index contributed by atoms with van der Waals surface area (Å²) in [5.74, 6) is -2.14. The average molecular weight is 223 g/mol. The van der Waals surface area contributed by atoms with Crippen LogP contribution in [0.4, 0.5) is 4.39 Å². The average Bonchev–Trinajstić information content (AvgIpc) is 2.19. The molecule has 1 rings (SSSR count). The van der Waals surface area contributed by atoms with E-state index in [1.807, 2.05) is 0 Å². The van der Waals surface area contributed by atoms with Crippen LogP contribution in [0.2, 0.25) is 0 Å². The normalized spacial score (nSPS) is 11.0. The molecule has 5 heteroatoms. The third kappa shape index (κ3) is 3.53. The molecule has 1 aromatic rings. The van der Waals surface area contributed by atoms with Gasteiger partial charge in [-0.2, -0.15) is 0 Å². The Balaban J connectivity index is 2.97. The first-order valence-electron chi connectivity index (χ1n) is 4.47. The van der Waals surface area contributed by atoms with E-state index >= 15 is 0 Å². The first kappa shape index (κ1) is 11.9. The number of hydrogen-bond acceptors (Lipinski definition) is 2. The van der Waals surface area contributed by atoms with Gasteiger partial charge in [-0.1, -0.05) is 12.1 Å². The Labute approximate surface area is 91.4 Å². The summed E-state index contributed by atoms with van der Waals surface area (Å²) in [5, 5.41) is 11.0. The summed E-state index contributed by atoms with van der Waals surface area (Å²) in [4.78, 5) is 21.5. The number of carbonyl (C=O) groups is 2. The maximum atomic E-state index is 12.6. The topological polar surface area (TPSA) is 66.4 Å². The van der Waals surface area contributed by atoms with Crippen LogP contribution in [0.5, 0.6) is 0 Å². The summed E-state index contributed by atoms with van der Waals surface area (Å²) in [6.45, 7) is 1.21. The van der Waals surface area contributed by atoms with E-state index in [1.54, 1.807) is 0 Å². The van der Waals surface area contributed by atoms with Crippen LogP contribution in [0, 0.1) is 5.82 Å². The Hall–Kier alpha value is -2.17. The molecular weight excluding hydrogens is 213 g/mol. The van der Waals surface area contributed by atoms with E-state index in [0.29, 0.717) is 5.56 Å². The van der Waals surface area contributed by atoms with Crippen molar-refractivity contribution in [2.24, 2.45) is 0 Å². The highest BCUT2D eigenvalue weighted by atomic mass is 19.1. The molecule has 0 unspecified atom stereocenters. The van der Waals surface area contributed by atoms with Crippen LogP contribution in [0.3, 0.4) is 0 Å². The molecule has 0 aromatic heterocycles. The number of nitrogens with one attached hydrogen (secondary N) is 1. The van der Waals surface area contributed by atoms with Crippen LogP contribution in [-0.4, -0.2) is 17.0 Å². The van der Waals surface area contributed by atoms with Crippen molar-refractivity contribution in [1.29, 1.82) is 0 Å². The number of aliphatic carboxylic acids is 1. The molecule has 0 saturated carbocycles. The highest BCUT2D eigenvalue weighted by Crippen LogP contribution is 2.07. The molecule has 1 aromatic carbocycles. The monoisotopic (exact) mass is 223 g/mol. The minimum atomic E-state index is -1.25. The van der Waals surface area contributed by atoms with Crippen LogP contribution < -0.4 is 5.32 Å². The van der Waals surface area contributed by atoms with Gasteiger partial charge in [0.25, 0.3) is 0 Å². The Kier molecular flexibility index (Phi) is 3.77. The largest absolute Gasteiger partial charge is 0.477 e. The molecule has 0 saturated heterocycles. The van der Waals surface area contributed by atoms with Crippen molar-refractivity contribution >= 4 is 18.0 Å². The maximum absolute atomic E-state index is 12.6. The van der Waals surface area contributed by atoms with E-state index in [-0.39, 0.29) is 5.70 Å². The summed E-state index contributed by atoms with van der Waals surface area (Å²) >= 11 is 0. The number of carbonyl (C=O) groups excluding carboxylic acids is 1. The molecule has 0 heterocycles. The summed E-state index contributed by atoms with van der Waals surface area (Å²) in [6.07, 6.45) is 1.25. The third-order valence-electron chi connectivity index (χ3n) is 1.72. The molecule has 0 bridgehead atoms. The fourth-order valence-corrected chi connectivity index (χ4v) is 1.07. The maximum Gasteiger partial charge on any atom is 0.352 e. The van der Waals surface area contributed by atoms with E-state index in [1.165, 1.54) is 37.3 Å². The van der Waals surface area contributed by atoms with Crippen LogP contribution >= 0.6 is 0 Å². The number of halogens is 1. The van der Waals surface area contributed by atoms with Crippen molar-refractivity contribution in [3.63, 3.8) is 0 Å². The minimum Gasteiger partial charge on any atom is -0.477 e. The number of rotatable bonds is 3. The van der Waals surface area contributed by atoms with Crippen molar-refractivity contribution < 1.29 is 19.1 Å². The molecule has 16 heavy (non-hydrogen) atoms. The van der Waals surface area contributed by atoms with Gasteiger partial charge in [0.15, 0.2) is 0 Å². The van der Waals surface area contributed by atoms with Crippen molar-refractivity contribution in [1.82, 2.24) is 5.32 Å². The predicted molar refractivity (Wildman–Crippen MR) is 55.8 cm³/mol. The van der Waals surface area contributed by atoms with Gasteiger partial charge in [0, 0.05) is 6.92 Å². The summed E-state index contributed by atoms with van der Waals surface area (Å²) in [7, 11) is 0. The number of benzene rings is 1. The molecule has 1 amide bonds. The molecule has 0 aliphatic carbocycles. The van der Waals surface area contributed by atoms with Gasteiger partial charge >= 0.3 is 5.97 Å². The fourth-order valence-electron chi connectivity index (χ4n) is 1.07. The van der Waals surface area contributed by atoms with Crippen molar-refractivity contribution in [2.45, 2.75) is 6.92 Å². The standard InChI is InChI=1S/C11H10FNO3/c1-7(14)13-10(11(15)16)6-8-2-4-9(12)5-3-8/h2-6H,1H3,(H,13,14)(H,15,16). The molecule has 4 nitrogen and oxygen atoms in total. The highest BCUT2D eigenvalue weighted by molar-refractivity contribution is 5.96. The molecule has 0 spiro atoms. The molecular formula is C11H10FNO3. The molecule has 0 aliphatic rings. The van der Waals surface area contributed by atoms with Crippen LogP contribution in [-0.2, 0) is 9.59 Å². The Morgan fingerprint density at radius 1 is 1.31 bits per heavy atom. The lowest BCUT2D eigenvalue weighted by Gasteiger charge is -2.02. The first-order valence-corrected chi connectivity index (χ1v) is 4.47. The Bertz CT molecular complexity index is 437. The van der Waals surface area contributed by atoms with Gasteiger partial charge in [-0.05, 0) is 23.8 Å². The zero-order valence-corrected chi connectivity index (χ0v) is 8.53. The zero-order valence-electron chi connectivity index (χ0n) is 8.53. The molecule has 0 atom stereocenters. The number of amides is 1. The Morgan fingerprint density at radius 2 is 1.88 bits per heavy atom. The zero-order chi connectivity index (χ0) is 12.1. The fraction of sp³-hybridized carbons (Fsp3) is 0.0909. The predicted octanol–water partition coefficient (Wildman–Crippen LogP) is 1.39. The van der Waals surface area contributed by atoms with Gasteiger partial charge in [-0.3, -0.25) is 4.79 Å².